The zero-order valence-corrected chi connectivity index (χ0v) is 14.7. The highest BCUT2D eigenvalue weighted by atomic mass is 32.1. The van der Waals surface area contributed by atoms with Crippen molar-refractivity contribution in [3.05, 3.63) is 59.1 Å². The molecule has 1 aliphatic rings. The van der Waals surface area contributed by atoms with Crippen LogP contribution in [0.1, 0.15) is 5.56 Å². The molecule has 0 aliphatic carbocycles. The summed E-state index contributed by atoms with van der Waals surface area (Å²) in [6, 6.07) is 14.1. The Kier molecular flexibility index (Phi) is 4.78. The van der Waals surface area contributed by atoms with Crippen LogP contribution in [0.5, 0.6) is 0 Å². The van der Waals surface area contributed by atoms with Crippen molar-refractivity contribution >= 4 is 12.2 Å². The van der Waals surface area contributed by atoms with Crippen LogP contribution in [-0.2, 0) is 18.0 Å². The van der Waals surface area contributed by atoms with Crippen molar-refractivity contribution < 1.29 is 14.1 Å². The second-order valence-corrected chi connectivity index (χ2v) is 6.54. The van der Waals surface area contributed by atoms with Crippen molar-refractivity contribution in [1.29, 1.82) is 0 Å². The van der Waals surface area contributed by atoms with Crippen molar-refractivity contribution in [2.45, 2.75) is 13.2 Å². The Morgan fingerprint density at radius 3 is 2.60 bits per heavy atom. The molecule has 1 N–H and O–H groups in total. The van der Waals surface area contributed by atoms with Crippen LogP contribution in [0, 0.1) is 4.77 Å². The van der Waals surface area contributed by atoms with Gasteiger partial charge >= 0.3 is 0 Å². The summed E-state index contributed by atoms with van der Waals surface area (Å²) in [7, 11) is 0. The van der Waals surface area contributed by atoms with Crippen LogP contribution in [0.4, 0.5) is 0 Å². The summed E-state index contributed by atoms with van der Waals surface area (Å²) in [5.41, 5.74) is 1.18. The van der Waals surface area contributed by atoms with Gasteiger partial charge < -0.3 is 14.1 Å². The van der Waals surface area contributed by atoms with Crippen molar-refractivity contribution in [2.24, 2.45) is 0 Å². The maximum absolute atomic E-state index is 5.73. The lowest BCUT2D eigenvalue weighted by Crippen LogP contribution is -3.13. The fourth-order valence-corrected chi connectivity index (χ4v) is 3.33. The van der Waals surface area contributed by atoms with Crippen molar-refractivity contribution in [3.63, 3.8) is 0 Å². The first-order valence-electron chi connectivity index (χ1n) is 8.48. The zero-order valence-electron chi connectivity index (χ0n) is 13.9. The van der Waals surface area contributed by atoms with Crippen LogP contribution in [0.25, 0.3) is 11.6 Å². The fourth-order valence-electron chi connectivity index (χ4n) is 3.07. The second kappa shape index (κ2) is 7.35. The number of nitrogens with zero attached hydrogens (tertiary/aromatic N) is 3. The first-order chi connectivity index (χ1) is 12.3. The van der Waals surface area contributed by atoms with E-state index in [1.807, 2.05) is 39.6 Å². The third kappa shape index (κ3) is 3.58. The molecule has 0 atom stereocenters. The minimum absolute atomic E-state index is 0.675. The quantitative estimate of drug-likeness (QED) is 0.705. The lowest BCUT2D eigenvalue weighted by atomic mass is 10.2. The van der Waals surface area contributed by atoms with Gasteiger partial charge in [0, 0.05) is 0 Å². The first kappa shape index (κ1) is 16.3. The molecule has 0 unspecified atom stereocenters. The largest absolute Gasteiger partial charge is 0.461 e. The molecule has 3 heterocycles. The van der Waals surface area contributed by atoms with Crippen LogP contribution in [0.15, 0.2) is 53.1 Å². The number of morpholine rings is 1. The standard InChI is InChI=1S/C18H20N4O2S/c25-18-21(13-15-5-2-1-3-6-15)17(16-7-4-10-24-16)19-22(18)14-20-8-11-23-12-9-20/h1-7,10H,8-9,11-14H2/p+1. The van der Waals surface area contributed by atoms with Gasteiger partial charge in [0.15, 0.2) is 18.3 Å². The third-order valence-corrected chi connectivity index (χ3v) is 4.85. The van der Waals surface area contributed by atoms with Gasteiger partial charge in [-0.15, -0.1) is 5.10 Å². The maximum atomic E-state index is 5.73. The predicted octanol–water partition coefficient (Wildman–Crippen LogP) is 1.59. The molecule has 1 aliphatic heterocycles. The van der Waals surface area contributed by atoms with Crippen LogP contribution in [0.2, 0.25) is 0 Å². The van der Waals surface area contributed by atoms with Gasteiger partial charge in [0.05, 0.1) is 26.0 Å². The first-order valence-corrected chi connectivity index (χ1v) is 8.89. The van der Waals surface area contributed by atoms with E-state index in [4.69, 9.17) is 26.5 Å². The molecule has 25 heavy (non-hydrogen) atoms. The van der Waals surface area contributed by atoms with Gasteiger partial charge in [-0.3, -0.25) is 4.57 Å². The van der Waals surface area contributed by atoms with E-state index in [2.05, 4.69) is 12.1 Å². The van der Waals surface area contributed by atoms with E-state index >= 15 is 0 Å². The Hall–Kier alpha value is -2.22. The highest BCUT2D eigenvalue weighted by Gasteiger charge is 2.20. The molecule has 0 bridgehead atoms. The minimum Gasteiger partial charge on any atom is -0.461 e. The number of hydrogen-bond acceptors (Lipinski definition) is 4. The molecule has 1 fully saturated rings. The minimum atomic E-state index is 0.675. The van der Waals surface area contributed by atoms with E-state index in [9.17, 15) is 0 Å². The summed E-state index contributed by atoms with van der Waals surface area (Å²) < 4.78 is 15.7. The van der Waals surface area contributed by atoms with Gasteiger partial charge in [0.1, 0.15) is 13.1 Å². The molecule has 1 saturated heterocycles. The lowest BCUT2D eigenvalue weighted by molar-refractivity contribution is -0.930. The van der Waals surface area contributed by atoms with Crippen molar-refractivity contribution in [3.8, 4) is 11.6 Å². The van der Waals surface area contributed by atoms with Gasteiger partial charge in [-0.1, -0.05) is 30.3 Å². The lowest BCUT2D eigenvalue weighted by Gasteiger charge is -2.23. The van der Waals surface area contributed by atoms with E-state index in [1.54, 1.807) is 6.26 Å². The molecule has 7 heteroatoms. The van der Waals surface area contributed by atoms with E-state index in [-0.39, 0.29) is 0 Å². The van der Waals surface area contributed by atoms with E-state index in [0.29, 0.717) is 11.3 Å². The molecule has 6 nitrogen and oxygen atoms in total. The SMILES string of the molecule is S=c1n(C[NH+]2CCOCC2)nc(-c2ccco2)n1Cc1ccccc1. The van der Waals surface area contributed by atoms with Gasteiger partial charge in [0.2, 0.25) is 4.77 Å². The highest BCUT2D eigenvalue weighted by molar-refractivity contribution is 7.71. The summed E-state index contributed by atoms with van der Waals surface area (Å²) in [4.78, 5) is 1.43. The number of ether oxygens (including phenoxy) is 1. The molecule has 0 radical (unpaired) electrons. The molecule has 130 valence electrons. The normalized spacial score (nSPS) is 15.5. The van der Waals surface area contributed by atoms with Gasteiger partial charge in [-0.05, 0) is 29.9 Å². The molecule has 0 spiro atoms. The van der Waals surface area contributed by atoms with Crippen LogP contribution in [0.3, 0.4) is 0 Å². The summed E-state index contributed by atoms with van der Waals surface area (Å²) >= 11 is 5.73. The Morgan fingerprint density at radius 2 is 1.88 bits per heavy atom. The monoisotopic (exact) mass is 357 g/mol. The van der Waals surface area contributed by atoms with E-state index in [1.165, 1.54) is 10.5 Å². The van der Waals surface area contributed by atoms with Gasteiger partial charge in [-0.2, -0.15) is 4.68 Å². The van der Waals surface area contributed by atoms with Crippen molar-refractivity contribution in [2.75, 3.05) is 26.3 Å². The average Bonchev–Trinajstić information content (AvgIpc) is 3.28. The maximum Gasteiger partial charge on any atom is 0.203 e. The fraction of sp³-hybridized carbons (Fsp3) is 0.333. The summed E-state index contributed by atoms with van der Waals surface area (Å²) in [6.45, 7) is 4.95. The zero-order chi connectivity index (χ0) is 17.1. The number of rotatable bonds is 5. The molecule has 4 rings (SSSR count). The number of aromatic nitrogens is 3. The number of furan rings is 1. The molecule has 1 aromatic carbocycles. The average molecular weight is 357 g/mol. The van der Waals surface area contributed by atoms with E-state index in [0.717, 1.165) is 44.6 Å². The predicted molar refractivity (Wildman–Crippen MR) is 95.8 cm³/mol. The van der Waals surface area contributed by atoms with Crippen LogP contribution >= 0.6 is 12.2 Å². The summed E-state index contributed by atoms with van der Waals surface area (Å²) in [6.07, 6.45) is 1.66. The Morgan fingerprint density at radius 1 is 1.08 bits per heavy atom. The van der Waals surface area contributed by atoms with E-state index < -0.39 is 0 Å². The highest BCUT2D eigenvalue weighted by Crippen LogP contribution is 2.20. The summed E-state index contributed by atoms with van der Waals surface area (Å²) in [5, 5.41) is 4.76. The number of benzene rings is 1. The van der Waals surface area contributed by atoms with Gasteiger partial charge in [-0.25, -0.2) is 0 Å². The third-order valence-electron chi connectivity index (χ3n) is 4.42. The number of hydrogen-bond donors (Lipinski definition) is 1. The molecule has 2 aromatic heterocycles. The molecular formula is C18H21N4O2S+. The number of nitrogens with one attached hydrogen (secondary N) is 1. The summed E-state index contributed by atoms with van der Waals surface area (Å²) in [5.74, 6) is 1.50. The Labute approximate surface area is 151 Å². The topological polar surface area (TPSA) is 49.6 Å². The Bertz CT molecular complexity index is 864. The van der Waals surface area contributed by atoms with Crippen LogP contribution < -0.4 is 4.90 Å². The second-order valence-electron chi connectivity index (χ2n) is 6.18. The molecule has 3 aromatic rings. The van der Waals surface area contributed by atoms with Crippen molar-refractivity contribution in [1.82, 2.24) is 14.3 Å². The Balaban J connectivity index is 1.69. The van der Waals surface area contributed by atoms with Gasteiger partial charge in [0.25, 0.3) is 0 Å². The molecule has 0 amide bonds. The molecule has 0 saturated carbocycles. The van der Waals surface area contributed by atoms with Crippen LogP contribution in [-0.4, -0.2) is 40.7 Å². The molecular weight excluding hydrogens is 336 g/mol. The smallest absolute Gasteiger partial charge is 0.203 e. The number of quaternary nitrogens is 1.